The zero-order valence-corrected chi connectivity index (χ0v) is 20.1. The number of nitrogens with zero attached hydrogens (tertiary/aromatic N) is 2. The van der Waals surface area contributed by atoms with Crippen LogP contribution in [0.1, 0.15) is 81.0 Å². The Morgan fingerprint density at radius 3 is 2.61 bits per heavy atom. The number of rotatable bonds is 7. The molecule has 0 spiro atoms. The molecule has 176 valence electrons. The summed E-state index contributed by atoms with van der Waals surface area (Å²) in [6.07, 6.45) is 11.1. The number of hydrogen-bond acceptors (Lipinski definition) is 4. The number of carbonyl (C=O) groups excluding carboxylic acids is 1. The lowest BCUT2D eigenvalue weighted by Gasteiger charge is -2.33. The van der Waals surface area contributed by atoms with E-state index in [1.807, 2.05) is 6.20 Å². The molecule has 2 unspecified atom stereocenters. The third kappa shape index (κ3) is 4.65. The molecule has 3 aliphatic rings. The van der Waals surface area contributed by atoms with Gasteiger partial charge in [-0.15, -0.1) is 0 Å². The minimum Gasteiger partial charge on any atom is -0.481 e. The van der Waals surface area contributed by atoms with Crippen LogP contribution in [0.3, 0.4) is 0 Å². The quantitative estimate of drug-likeness (QED) is 0.637. The summed E-state index contributed by atoms with van der Waals surface area (Å²) in [5.41, 5.74) is 3.91. The molecule has 1 aliphatic heterocycles. The standard InChI is InChI=1S/C28H37N3O2/c1-28(14-15-28)23-17-22(26(33-2)30-19-23)18-29-24-13-16-31(25(24)20-9-5-3-6-10-20)27(32)21-11-7-4-8-12-21/h3,5-6,9-10,17,19,21,24-25,29H,4,7-8,11-16,18H2,1-2H3. The maximum Gasteiger partial charge on any atom is 0.226 e. The highest BCUT2D eigenvalue weighted by Crippen LogP contribution is 2.48. The maximum atomic E-state index is 13.5. The van der Waals surface area contributed by atoms with Crippen LogP contribution in [-0.2, 0) is 16.8 Å². The summed E-state index contributed by atoms with van der Waals surface area (Å²) >= 11 is 0. The molecule has 1 aromatic heterocycles. The average molecular weight is 448 g/mol. The van der Waals surface area contributed by atoms with E-state index >= 15 is 0 Å². The van der Waals surface area contributed by atoms with Crippen molar-refractivity contribution in [1.29, 1.82) is 0 Å². The van der Waals surface area contributed by atoms with Gasteiger partial charge < -0.3 is 15.0 Å². The molecule has 2 aliphatic carbocycles. The second kappa shape index (κ2) is 9.46. The van der Waals surface area contributed by atoms with E-state index in [1.165, 1.54) is 43.2 Å². The molecule has 3 fully saturated rings. The summed E-state index contributed by atoms with van der Waals surface area (Å²) in [5.74, 6) is 1.25. The molecule has 0 bridgehead atoms. The van der Waals surface area contributed by atoms with E-state index in [1.54, 1.807) is 7.11 Å². The van der Waals surface area contributed by atoms with E-state index in [9.17, 15) is 4.79 Å². The molecule has 0 radical (unpaired) electrons. The van der Waals surface area contributed by atoms with Gasteiger partial charge in [0.05, 0.1) is 13.2 Å². The van der Waals surface area contributed by atoms with Gasteiger partial charge in [-0.2, -0.15) is 0 Å². The molecule has 5 heteroatoms. The fraction of sp³-hybridized carbons (Fsp3) is 0.571. The van der Waals surface area contributed by atoms with Crippen LogP contribution in [0.2, 0.25) is 0 Å². The lowest BCUT2D eigenvalue weighted by molar-refractivity contribution is -0.137. The van der Waals surface area contributed by atoms with Crippen LogP contribution in [0, 0.1) is 5.92 Å². The minimum absolute atomic E-state index is 0.0729. The first-order valence-electron chi connectivity index (χ1n) is 12.7. The van der Waals surface area contributed by atoms with Crippen LogP contribution >= 0.6 is 0 Å². The predicted molar refractivity (Wildman–Crippen MR) is 130 cm³/mol. The Labute approximate surface area is 197 Å². The first-order valence-corrected chi connectivity index (χ1v) is 12.7. The van der Waals surface area contributed by atoms with Gasteiger partial charge in [-0.3, -0.25) is 4.79 Å². The normalized spacial score (nSPS) is 24.6. The summed E-state index contributed by atoms with van der Waals surface area (Å²) in [6, 6.07) is 13.1. The lowest BCUT2D eigenvalue weighted by Crippen LogP contribution is -2.41. The number of likely N-dealkylation sites (tertiary alicyclic amines) is 1. The van der Waals surface area contributed by atoms with Gasteiger partial charge in [0.1, 0.15) is 0 Å². The first-order chi connectivity index (χ1) is 16.1. The van der Waals surface area contributed by atoms with Gasteiger partial charge in [-0.25, -0.2) is 4.98 Å². The summed E-state index contributed by atoms with van der Waals surface area (Å²) in [5, 5.41) is 3.79. The smallest absolute Gasteiger partial charge is 0.226 e. The number of nitrogens with one attached hydrogen (secondary N) is 1. The number of methoxy groups -OCH3 is 1. The highest BCUT2D eigenvalue weighted by atomic mass is 16.5. The van der Waals surface area contributed by atoms with Crippen molar-refractivity contribution < 1.29 is 9.53 Å². The van der Waals surface area contributed by atoms with Gasteiger partial charge >= 0.3 is 0 Å². The molecule has 2 atom stereocenters. The van der Waals surface area contributed by atoms with Crippen molar-refractivity contribution in [3.05, 3.63) is 59.3 Å². The average Bonchev–Trinajstić information content (AvgIpc) is 3.48. The Kier molecular flexibility index (Phi) is 6.42. The Hall–Kier alpha value is -2.40. The maximum absolute atomic E-state index is 13.5. The SMILES string of the molecule is COc1ncc(C2(C)CC2)cc1CNC1CCN(C(=O)C2CCCCC2)C1c1ccccc1. The fourth-order valence-corrected chi connectivity index (χ4v) is 5.76. The van der Waals surface area contributed by atoms with E-state index in [2.05, 4.69) is 58.5 Å². The molecule has 1 aromatic carbocycles. The number of pyridine rings is 1. The molecule has 5 rings (SSSR count). The largest absolute Gasteiger partial charge is 0.481 e. The predicted octanol–water partition coefficient (Wildman–Crippen LogP) is 5.15. The van der Waals surface area contributed by atoms with Crippen molar-refractivity contribution in [2.75, 3.05) is 13.7 Å². The van der Waals surface area contributed by atoms with E-state index in [0.29, 0.717) is 18.3 Å². The van der Waals surface area contributed by atoms with Gasteiger partial charge in [0, 0.05) is 36.8 Å². The highest BCUT2D eigenvalue weighted by Gasteiger charge is 2.41. The minimum atomic E-state index is 0.0729. The number of carbonyl (C=O) groups is 1. The van der Waals surface area contributed by atoms with Crippen molar-refractivity contribution in [3.63, 3.8) is 0 Å². The zero-order chi connectivity index (χ0) is 22.8. The monoisotopic (exact) mass is 447 g/mol. The molecule has 33 heavy (non-hydrogen) atoms. The third-order valence-electron chi connectivity index (χ3n) is 8.15. The van der Waals surface area contributed by atoms with E-state index < -0.39 is 0 Å². The van der Waals surface area contributed by atoms with Crippen molar-refractivity contribution in [2.24, 2.45) is 5.92 Å². The topological polar surface area (TPSA) is 54.5 Å². The molecule has 1 amide bonds. The number of aromatic nitrogens is 1. The van der Waals surface area contributed by atoms with E-state index in [4.69, 9.17) is 4.74 Å². The van der Waals surface area contributed by atoms with Crippen LogP contribution in [0.15, 0.2) is 42.6 Å². The van der Waals surface area contributed by atoms with Crippen molar-refractivity contribution in [2.45, 2.75) is 82.3 Å². The van der Waals surface area contributed by atoms with Crippen LogP contribution in [0.4, 0.5) is 0 Å². The van der Waals surface area contributed by atoms with Crippen LogP contribution in [-0.4, -0.2) is 35.5 Å². The zero-order valence-electron chi connectivity index (χ0n) is 20.1. The molecule has 2 aromatic rings. The molecule has 1 saturated heterocycles. The van der Waals surface area contributed by atoms with Gasteiger partial charge in [0.2, 0.25) is 11.8 Å². The molecule has 1 N–H and O–H groups in total. The van der Waals surface area contributed by atoms with Crippen LogP contribution < -0.4 is 10.1 Å². The Balaban J connectivity index is 1.35. The fourth-order valence-electron chi connectivity index (χ4n) is 5.76. The lowest BCUT2D eigenvalue weighted by atomic mass is 9.87. The van der Waals surface area contributed by atoms with Crippen molar-refractivity contribution >= 4 is 5.91 Å². The Bertz CT molecular complexity index is 966. The molecule has 5 nitrogen and oxygen atoms in total. The Morgan fingerprint density at radius 2 is 1.91 bits per heavy atom. The second-order valence-electron chi connectivity index (χ2n) is 10.5. The number of benzene rings is 1. The first kappa shape index (κ1) is 22.4. The van der Waals surface area contributed by atoms with Gasteiger partial charge in [0.25, 0.3) is 0 Å². The second-order valence-corrected chi connectivity index (χ2v) is 10.5. The summed E-state index contributed by atoms with van der Waals surface area (Å²) < 4.78 is 5.58. The van der Waals surface area contributed by atoms with Gasteiger partial charge in [0.15, 0.2) is 0 Å². The number of ether oxygens (including phenoxy) is 1. The van der Waals surface area contributed by atoms with Crippen LogP contribution in [0.5, 0.6) is 5.88 Å². The van der Waals surface area contributed by atoms with E-state index in [-0.39, 0.29) is 23.4 Å². The highest BCUT2D eigenvalue weighted by molar-refractivity contribution is 5.80. The van der Waals surface area contributed by atoms with Crippen LogP contribution in [0.25, 0.3) is 0 Å². The summed E-state index contributed by atoms with van der Waals surface area (Å²) in [7, 11) is 1.69. The molecule has 2 heterocycles. The molecular weight excluding hydrogens is 410 g/mol. The number of hydrogen-bond donors (Lipinski definition) is 1. The summed E-state index contributed by atoms with van der Waals surface area (Å²) in [4.78, 5) is 20.3. The van der Waals surface area contributed by atoms with Crippen molar-refractivity contribution in [3.8, 4) is 5.88 Å². The summed E-state index contributed by atoms with van der Waals surface area (Å²) in [6.45, 7) is 3.82. The molecule has 2 saturated carbocycles. The van der Waals surface area contributed by atoms with Crippen molar-refractivity contribution in [1.82, 2.24) is 15.2 Å². The Morgan fingerprint density at radius 1 is 1.15 bits per heavy atom. The number of amides is 1. The van der Waals surface area contributed by atoms with E-state index in [0.717, 1.165) is 31.4 Å². The molecular formula is C28H37N3O2. The third-order valence-corrected chi connectivity index (χ3v) is 8.15. The van der Waals surface area contributed by atoms with Gasteiger partial charge in [-0.1, -0.05) is 56.5 Å². The van der Waals surface area contributed by atoms with Gasteiger partial charge in [-0.05, 0) is 54.7 Å².